The molecule has 0 aliphatic carbocycles. The molecule has 3 aliphatic rings. The van der Waals surface area contributed by atoms with E-state index in [0.717, 1.165) is 30.2 Å². The van der Waals surface area contributed by atoms with Gasteiger partial charge in [0.25, 0.3) is 0 Å². The number of hydrogen-bond donors (Lipinski definition) is 1. The molecule has 0 radical (unpaired) electrons. The summed E-state index contributed by atoms with van der Waals surface area (Å²) >= 11 is 1.68. The van der Waals surface area contributed by atoms with Crippen LogP contribution in [-0.4, -0.2) is 58.3 Å². The van der Waals surface area contributed by atoms with Gasteiger partial charge in [-0.25, -0.2) is 4.79 Å². The van der Waals surface area contributed by atoms with E-state index in [9.17, 15) is 9.90 Å². The van der Waals surface area contributed by atoms with E-state index >= 15 is 0 Å². The maximum absolute atomic E-state index is 12.1. The molecule has 4 rings (SSSR count). The second-order valence-corrected chi connectivity index (χ2v) is 8.89. The number of aliphatic carboxylic acids is 1. The predicted octanol–water partition coefficient (Wildman–Crippen LogP) is 3.19. The van der Waals surface area contributed by atoms with E-state index in [0.29, 0.717) is 38.5 Å². The second-order valence-electron chi connectivity index (χ2n) is 7.54. The van der Waals surface area contributed by atoms with E-state index in [-0.39, 0.29) is 5.37 Å². The van der Waals surface area contributed by atoms with Crippen LogP contribution in [0.5, 0.6) is 0 Å². The molecule has 1 saturated heterocycles. The topological polar surface area (TPSA) is 62.2 Å². The highest BCUT2D eigenvalue weighted by atomic mass is 32.2. The average Bonchev–Trinajstić information content (AvgIpc) is 3.18. The summed E-state index contributed by atoms with van der Waals surface area (Å²) in [5.41, 5.74) is 4.99. The van der Waals surface area contributed by atoms with Crippen LogP contribution in [0.25, 0.3) is 0 Å². The number of benzene rings is 1. The summed E-state index contributed by atoms with van der Waals surface area (Å²) in [7, 11) is 0. The molecular formula is C22H28N2O4S. The van der Waals surface area contributed by atoms with Gasteiger partial charge < -0.3 is 24.4 Å². The van der Waals surface area contributed by atoms with Gasteiger partial charge in [-0.3, -0.25) is 0 Å². The molecule has 1 aromatic carbocycles. The highest BCUT2D eigenvalue weighted by molar-refractivity contribution is 8.00. The standard InChI is InChI=1S/C22H28N2O4S/c1-3-29-21-20(22(25)26)15(2)10-19(23-6-8-27-9-7-23)24(21)12-16-4-5-17-13-28-14-18(17)11-16/h4-5,10-11,21H,3,6-9,12-14H2,1-2H3,(H,25,26). The number of thioether (sulfide) groups is 1. The Hall–Kier alpha value is -1.96. The van der Waals surface area contributed by atoms with E-state index in [2.05, 4.69) is 34.9 Å². The van der Waals surface area contributed by atoms with Crippen LogP contribution >= 0.6 is 11.8 Å². The number of allylic oxidation sites excluding steroid dienone is 2. The fourth-order valence-electron chi connectivity index (χ4n) is 4.18. The van der Waals surface area contributed by atoms with E-state index < -0.39 is 5.97 Å². The van der Waals surface area contributed by atoms with Crippen molar-refractivity contribution in [3.05, 3.63) is 57.9 Å². The quantitative estimate of drug-likeness (QED) is 0.764. The molecule has 156 valence electrons. The van der Waals surface area contributed by atoms with Gasteiger partial charge in [-0.1, -0.05) is 25.1 Å². The molecule has 3 heterocycles. The zero-order valence-corrected chi connectivity index (χ0v) is 17.8. The van der Waals surface area contributed by atoms with Crippen LogP contribution in [0.1, 0.15) is 30.5 Å². The van der Waals surface area contributed by atoms with Crippen LogP contribution in [0.4, 0.5) is 0 Å². The van der Waals surface area contributed by atoms with Gasteiger partial charge in [0, 0.05) is 19.6 Å². The number of carboxylic acids is 1. The van der Waals surface area contributed by atoms with Crippen LogP contribution in [0, 0.1) is 0 Å². The van der Waals surface area contributed by atoms with Crippen molar-refractivity contribution in [2.24, 2.45) is 0 Å². The van der Waals surface area contributed by atoms with Gasteiger partial charge in [-0.05, 0) is 41.0 Å². The highest BCUT2D eigenvalue weighted by Crippen LogP contribution is 2.37. The van der Waals surface area contributed by atoms with Gasteiger partial charge in [0.1, 0.15) is 11.2 Å². The Morgan fingerprint density at radius 2 is 1.97 bits per heavy atom. The molecule has 0 bridgehead atoms. The lowest BCUT2D eigenvalue weighted by Crippen LogP contribution is -2.47. The summed E-state index contributed by atoms with van der Waals surface area (Å²) < 4.78 is 11.1. The molecule has 0 aromatic heterocycles. The minimum Gasteiger partial charge on any atom is -0.478 e. The number of hydrogen-bond acceptors (Lipinski definition) is 6. The van der Waals surface area contributed by atoms with Crippen molar-refractivity contribution in [3.8, 4) is 0 Å². The van der Waals surface area contributed by atoms with Gasteiger partial charge in [0.2, 0.25) is 0 Å². The minimum absolute atomic E-state index is 0.218. The van der Waals surface area contributed by atoms with Crippen LogP contribution in [0.3, 0.4) is 0 Å². The smallest absolute Gasteiger partial charge is 0.334 e. The van der Waals surface area contributed by atoms with Crippen molar-refractivity contribution >= 4 is 17.7 Å². The van der Waals surface area contributed by atoms with E-state index in [4.69, 9.17) is 9.47 Å². The van der Waals surface area contributed by atoms with Gasteiger partial charge in [0.15, 0.2) is 0 Å². The van der Waals surface area contributed by atoms with E-state index in [1.165, 1.54) is 16.7 Å². The van der Waals surface area contributed by atoms with Crippen LogP contribution in [0.2, 0.25) is 0 Å². The van der Waals surface area contributed by atoms with Crippen LogP contribution in [-0.2, 0) is 34.0 Å². The normalized spacial score (nSPS) is 22.0. The number of morpholine rings is 1. The summed E-state index contributed by atoms with van der Waals surface area (Å²) in [6.45, 7) is 9.02. The Bertz CT molecular complexity index is 845. The molecule has 6 nitrogen and oxygen atoms in total. The zero-order chi connectivity index (χ0) is 20.4. The molecular weight excluding hydrogens is 388 g/mol. The first-order chi connectivity index (χ1) is 14.1. The fourth-order valence-corrected chi connectivity index (χ4v) is 5.31. The molecule has 0 saturated carbocycles. The number of nitrogens with zero attached hydrogens (tertiary/aromatic N) is 2. The number of carbonyl (C=O) groups is 1. The number of fused-ring (bicyclic) bond motifs is 1. The van der Waals surface area contributed by atoms with Crippen molar-refractivity contribution in [1.29, 1.82) is 0 Å². The van der Waals surface area contributed by atoms with Crippen molar-refractivity contribution in [2.75, 3.05) is 32.1 Å². The monoisotopic (exact) mass is 416 g/mol. The summed E-state index contributed by atoms with van der Waals surface area (Å²) in [4.78, 5) is 16.7. The summed E-state index contributed by atoms with van der Waals surface area (Å²) in [6.07, 6.45) is 2.04. The third kappa shape index (κ3) is 4.17. The van der Waals surface area contributed by atoms with Gasteiger partial charge in [-0.15, -0.1) is 11.8 Å². The fraction of sp³-hybridized carbons (Fsp3) is 0.500. The largest absolute Gasteiger partial charge is 0.478 e. The van der Waals surface area contributed by atoms with Crippen molar-refractivity contribution in [3.63, 3.8) is 0 Å². The first-order valence-electron chi connectivity index (χ1n) is 10.1. The number of carboxylic acid groups (broad SMARTS) is 1. The molecule has 7 heteroatoms. The van der Waals surface area contributed by atoms with Crippen molar-refractivity contribution in [1.82, 2.24) is 9.80 Å². The molecule has 1 N–H and O–H groups in total. The Morgan fingerprint density at radius 1 is 1.21 bits per heavy atom. The van der Waals surface area contributed by atoms with Gasteiger partial charge in [0.05, 0.1) is 32.0 Å². The van der Waals surface area contributed by atoms with Gasteiger partial charge >= 0.3 is 5.97 Å². The second kappa shape index (κ2) is 8.81. The Labute approximate surface area is 176 Å². The SMILES string of the molecule is CCSC1C(C(=O)O)=C(C)C=C(N2CCOCC2)N1Cc1ccc2c(c1)COC2. The third-order valence-corrected chi connectivity index (χ3v) is 6.76. The van der Waals surface area contributed by atoms with E-state index in [1.807, 2.05) is 13.0 Å². The zero-order valence-electron chi connectivity index (χ0n) is 17.0. The lowest BCUT2D eigenvalue weighted by molar-refractivity contribution is -0.133. The third-order valence-electron chi connectivity index (χ3n) is 5.62. The molecule has 0 amide bonds. The Balaban J connectivity index is 1.71. The Morgan fingerprint density at radius 3 is 2.69 bits per heavy atom. The summed E-state index contributed by atoms with van der Waals surface area (Å²) in [5.74, 6) is 1.11. The average molecular weight is 417 g/mol. The summed E-state index contributed by atoms with van der Waals surface area (Å²) in [6, 6.07) is 6.49. The Kier molecular flexibility index (Phi) is 6.18. The highest BCUT2D eigenvalue weighted by Gasteiger charge is 2.35. The predicted molar refractivity (Wildman–Crippen MR) is 113 cm³/mol. The molecule has 1 unspecified atom stereocenters. The van der Waals surface area contributed by atoms with Crippen molar-refractivity contribution in [2.45, 2.75) is 39.0 Å². The molecule has 1 fully saturated rings. The van der Waals surface area contributed by atoms with E-state index in [1.54, 1.807) is 11.8 Å². The maximum Gasteiger partial charge on any atom is 0.334 e. The first kappa shape index (κ1) is 20.3. The first-order valence-corrected chi connectivity index (χ1v) is 11.2. The summed E-state index contributed by atoms with van der Waals surface area (Å²) in [5, 5.41) is 9.72. The molecule has 1 aromatic rings. The maximum atomic E-state index is 12.1. The van der Waals surface area contributed by atoms with Crippen LogP contribution in [0.15, 0.2) is 41.2 Å². The number of rotatable bonds is 6. The van der Waals surface area contributed by atoms with Gasteiger partial charge in [-0.2, -0.15) is 0 Å². The van der Waals surface area contributed by atoms with Crippen LogP contribution < -0.4 is 0 Å². The molecule has 29 heavy (non-hydrogen) atoms. The van der Waals surface area contributed by atoms with Crippen molar-refractivity contribution < 1.29 is 19.4 Å². The minimum atomic E-state index is -0.835. The lowest BCUT2D eigenvalue weighted by Gasteiger charge is -2.44. The molecule has 3 aliphatic heterocycles. The number of ether oxygens (including phenoxy) is 2. The molecule has 1 atom stereocenters. The lowest BCUT2D eigenvalue weighted by atomic mass is 10.0. The molecule has 0 spiro atoms.